The van der Waals surface area contributed by atoms with Gasteiger partial charge in [0.1, 0.15) is 22.4 Å². The summed E-state index contributed by atoms with van der Waals surface area (Å²) in [5.74, 6) is 0. The average molecular weight is 248 g/mol. The molecule has 0 spiro atoms. The van der Waals surface area contributed by atoms with Gasteiger partial charge in [0.2, 0.25) is 0 Å². The zero-order valence-corrected chi connectivity index (χ0v) is 11.1. The Morgan fingerprint density at radius 2 is 1.59 bits per heavy atom. The molecule has 0 N–H and O–H groups in total. The lowest BCUT2D eigenvalue weighted by Gasteiger charge is -2.04. The van der Waals surface area contributed by atoms with Gasteiger partial charge in [-0.15, -0.1) is 0 Å². The second-order valence-corrected chi connectivity index (χ2v) is 6.88. The molecule has 0 bridgehead atoms. The predicted molar refractivity (Wildman–Crippen MR) is 74.6 cm³/mol. The molecule has 0 aromatic heterocycles. The second kappa shape index (κ2) is 4.80. The molecule has 2 aromatic carbocycles. The van der Waals surface area contributed by atoms with E-state index in [9.17, 15) is 9.00 Å². The average Bonchev–Trinajstić information content (AvgIpc) is 2.26. The minimum atomic E-state index is -2.44. The normalized spacial score (nSPS) is 10.9. The third-order valence-electron chi connectivity index (χ3n) is 2.46. The van der Waals surface area contributed by atoms with Gasteiger partial charge in [0.05, 0.1) is 5.56 Å². The molecule has 90 valence electrons. The summed E-state index contributed by atoms with van der Waals surface area (Å²) in [6.07, 6.45) is 2.97. The summed E-state index contributed by atoms with van der Waals surface area (Å²) in [7, 11) is -2.44. The first-order chi connectivity index (χ1) is 7.50. The summed E-state index contributed by atoms with van der Waals surface area (Å²) in [5.41, 5.74) is 0.549. The largest absolute Gasteiger partial charge is 0.364 e. The topological polar surface area (TPSA) is 34.1 Å². The molecule has 0 aliphatic heterocycles. The van der Waals surface area contributed by atoms with Gasteiger partial charge in [-0.25, -0.2) is 4.79 Å². The Balaban J connectivity index is 0.00000144. The van der Waals surface area contributed by atoms with Crippen molar-refractivity contribution in [1.82, 2.24) is 0 Å². The number of carbonyl (C=O) groups is 1. The number of hydrogen-bond acceptors (Lipinski definition) is 2. The van der Waals surface area contributed by atoms with E-state index in [1.54, 1.807) is 6.07 Å². The maximum atomic E-state index is 12.0. The Bertz CT molecular complexity index is 591. The summed E-state index contributed by atoms with van der Waals surface area (Å²) in [5, 5.41) is 1.59. The molecule has 2 rings (SSSR count). The van der Waals surface area contributed by atoms with Crippen LogP contribution in [0.1, 0.15) is 10.4 Å². The third kappa shape index (κ3) is 2.61. The molecule has 2 nitrogen and oxygen atoms in total. The summed E-state index contributed by atoms with van der Waals surface area (Å²) in [4.78, 5) is 12.0. The summed E-state index contributed by atoms with van der Waals surface area (Å²) < 4.78 is 11.8. The number of hydrogen-bond donors (Lipinski definition) is 0. The molecule has 0 unspecified atom stereocenters. The molecule has 17 heavy (non-hydrogen) atoms. The Labute approximate surface area is 103 Å². The Morgan fingerprint density at radius 1 is 1.00 bits per heavy atom. The van der Waals surface area contributed by atoms with E-state index in [1.807, 2.05) is 36.4 Å². The first-order valence-electron chi connectivity index (χ1n) is 4.96. The van der Waals surface area contributed by atoms with E-state index in [-0.39, 0.29) is 12.5 Å². The predicted octanol–water partition coefficient (Wildman–Crippen LogP) is 3.19. The number of rotatable bonds is 1. The van der Waals surface area contributed by atoms with Crippen LogP contribution in [0.3, 0.4) is 0 Å². The quantitative estimate of drug-likeness (QED) is 0.573. The lowest BCUT2D eigenvalue weighted by Crippen LogP contribution is -2.19. The Kier molecular flexibility index (Phi) is 3.83. The highest BCUT2D eigenvalue weighted by Gasteiger charge is 2.29. The molecule has 0 saturated carbocycles. The van der Waals surface area contributed by atoms with Gasteiger partial charge in [-0.1, -0.05) is 40.6 Å². The zero-order valence-electron chi connectivity index (χ0n) is 10.3. The molecule has 2 aromatic rings. The zero-order chi connectivity index (χ0) is 11.8. The van der Waals surface area contributed by atoms with Crippen LogP contribution < -0.4 is 0 Å². The van der Waals surface area contributed by atoms with Crippen LogP contribution in [0.25, 0.3) is 10.8 Å². The third-order valence-corrected chi connectivity index (χ3v) is 3.57. The maximum Gasteiger partial charge on any atom is 0.364 e. The summed E-state index contributed by atoms with van der Waals surface area (Å²) in [6, 6.07) is 13.1. The Morgan fingerprint density at radius 3 is 2.24 bits per heavy atom. The van der Waals surface area contributed by atoms with E-state index < -0.39 is 9.93 Å². The van der Waals surface area contributed by atoms with Crippen molar-refractivity contribution >= 4 is 25.8 Å². The van der Waals surface area contributed by atoms with Crippen molar-refractivity contribution in [2.75, 3.05) is 12.5 Å². The van der Waals surface area contributed by atoms with Gasteiger partial charge >= 0.3 is 5.12 Å². The van der Waals surface area contributed by atoms with Crippen molar-refractivity contribution in [2.45, 2.75) is 0 Å². The highest BCUT2D eigenvalue weighted by Crippen LogP contribution is 2.21. The molecule has 0 aliphatic rings. The summed E-state index contributed by atoms with van der Waals surface area (Å²) in [6.45, 7) is 0. The van der Waals surface area contributed by atoms with Crippen molar-refractivity contribution in [3.8, 4) is 0 Å². The minimum Gasteiger partial charge on any atom is -0.358 e. The van der Waals surface area contributed by atoms with Gasteiger partial charge in [0, 0.05) is 0 Å². The van der Waals surface area contributed by atoms with E-state index in [2.05, 4.69) is 0 Å². The highest BCUT2D eigenvalue weighted by molar-refractivity contribution is 8.15. The van der Waals surface area contributed by atoms with Crippen LogP contribution >= 0.6 is 0 Å². The van der Waals surface area contributed by atoms with Crippen molar-refractivity contribution < 1.29 is 9.00 Å². The molecule has 0 amide bonds. The van der Waals surface area contributed by atoms with Crippen LogP contribution in [0.5, 0.6) is 0 Å². The maximum absolute atomic E-state index is 12.0. The lowest BCUT2D eigenvalue weighted by atomic mass is 10.1. The fraction of sp³-hybridized carbons (Fsp3) is 0.143. The highest BCUT2D eigenvalue weighted by atomic mass is 32.2. The minimum absolute atomic E-state index is 0. The first kappa shape index (κ1) is 13.6. The van der Waals surface area contributed by atoms with Gasteiger partial charge in [-0.05, 0) is 16.8 Å². The smallest absolute Gasteiger partial charge is 0.358 e. The van der Waals surface area contributed by atoms with Gasteiger partial charge in [0.15, 0.2) is 0 Å². The number of benzene rings is 2. The molecule has 0 atom stereocenters. The van der Waals surface area contributed by atoms with Crippen molar-refractivity contribution in [2.24, 2.45) is 0 Å². The monoisotopic (exact) mass is 248 g/mol. The fourth-order valence-corrected chi connectivity index (χ4v) is 2.38. The molecule has 0 heterocycles. The first-order valence-corrected chi connectivity index (χ1v) is 7.34. The van der Waals surface area contributed by atoms with Gasteiger partial charge in [-0.2, -0.15) is 0 Å². The molecule has 3 heteroatoms. The van der Waals surface area contributed by atoms with Crippen LogP contribution in [-0.4, -0.2) is 17.6 Å². The van der Waals surface area contributed by atoms with Gasteiger partial charge in [0.25, 0.3) is 0 Å². The molecule has 0 fully saturated rings. The molecule has 0 radical (unpaired) electrons. The number of carbonyl (C=O) groups excluding carboxylic acids is 1. The SMILES string of the molecule is C[S+](C)(=O)C(=O)c1cccc2ccccc12.[CH3-]. The molecular weight excluding hydrogens is 232 g/mol. The lowest BCUT2D eigenvalue weighted by molar-refractivity contribution is 0.108. The molecular formula is C14H16O2S. The van der Waals surface area contributed by atoms with Crippen molar-refractivity contribution in [1.29, 1.82) is 0 Å². The van der Waals surface area contributed by atoms with E-state index in [0.29, 0.717) is 5.56 Å². The Hall–Kier alpha value is -1.48. The molecule has 0 aliphatic carbocycles. The van der Waals surface area contributed by atoms with Crippen LogP contribution in [0, 0.1) is 7.43 Å². The van der Waals surface area contributed by atoms with E-state index in [4.69, 9.17) is 0 Å². The van der Waals surface area contributed by atoms with Gasteiger partial charge < -0.3 is 7.43 Å². The van der Waals surface area contributed by atoms with Crippen LogP contribution in [0.2, 0.25) is 0 Å². The van der Waals surface area contributed by atoms with Crippen molar-refractivity contribution in [3.05, 3.63) is 55.5 Å². The van der Waals surface area contributed by atoms with Gasteiger partial charge in [-0.3, -0.25) is 0 Å². The second-order valence-electron chi connectivity index (χ2n) is 4.05. The van der Waals surface area contributed by atoms with Crippen LogP contribution in [-0.2, 0) is 14.1 Å². The van der Waals surface area contributed by atoms with E-state index in [1.165, 1.54) is 12.5 Å². The van der Waals surface area contributed by atoms with Crippen LogP contribution in [0.15, 0.2) is 42.5 Å². The standard InChI is InChI=1S/C13H13O2S.CH3/c1-16(2,15)13(14)12-9-5-7-10-6-3-4-8-11(10)12;/h3-9H,1-2H3;1H3/q+1;-1. The van der Waals surface area contributed by atoms with E-state index in [0.717, 1.165) is 10.8 Å². The molecule has 0 saturated heterocycles. The van der Waals surface area contributed by atoms with Crippen molar-refractivity contribution in [3.63, 3.8) is 0 Å². The summed E-state index contributed by atoms with van der Waals surface area (Å²) >= 11 is 0. The fourth-order valence-electron chi connectivity index (χ4n) is 1.67. The van der Waals surface area contributed by atoms with Crippen LogP contribution in [0.4, 0.5) is 0 Å². The van der Waals surface area contributed by atoms with E-state index >= 15 is 0 Å². The number of fused-ring (bicyclic) bond motifs is 1.